The van der Waals surface area contributed by atoms with Gasteiger partial charge >= 0.3 is 50.7 Å². The maximum absolute atomic E-state index is 14.9. The van der Waals surface area contributed by atoms with E-state index in [4.69, 9.17) is 150 Å². The summed E-state index contributed by atoms with van der Waals surface area (Å²) in [5.74, 6) is -0.246. The van der Waals surface area contributed by atoms with E-state index in [2.05, 4.69) is 72.1 Å². The number of H-pyrrole nitrogens is 2. The van der Waals surface area contributed by atoms with Crippen LogP contribution in [0.5, 0.6) is 0 Å². The quantitative estimate of drug-likeness (QED) is 0.0210. The molecular formula is C60H78N23O27P5S5. The van der Waals surface area contributed by atoms with E-state index in [1.165, 1.54) is 70.9 Å². The molecule has 17 N–H and O–H groups in total. The van der Waals surface area contributed by atoms with E-state index in [1.54, 1.807) is 20.8 Å². The van der Waals surface area contributed by atoms with Crippen LogP contribution in [0, 0.1) is 20.8 Å². The van der Waals surface area contributed by atoms with Gasteiger partial charge in [-0.1, -0.05) is 12.2 Å². The van der Waals surface area contributed by atoms with Crippen molar-refractivity contribution in [3.05, 3.63) is 119 Å². The van der Waals surface area contributed by atoms with Crippen LogP contribution in [0.1, 0.15) is 99.5 Å². The molecule has 6 saturated heterocycles. The molecule has 0 aliphatic carbocycles. The Hall–Kier alpha value is -6.77. The SMILES string of the molecule is Cc1cn([C@H]2C[C@H](OP(=O)(S)OC[C@H]3O[C@@H](n4cnc5c(N)ncnc54)C[C@@H]3OP(O)(=S)OC[C@H]3O[C@@H](n4cnc5c(N)ncnc54)C[C@@H]3OP(O)(=S)OC[C@H]3O[C@@H](n4cc(C)c(=O)[nH]c4=O)C[C@@H]3O)[C@@H](COP(O)(=S)O[C@H]3C[C@H](n4cc(C)c(N)nc4=O)O[C@@H]3COP(O)(=S)O[C@H]3C[C@H](n4cnc5c(=O)[nH]c(N)nc54)O[C@@H]3C)O2)c(=O)nc1N. The Morgan fingerprint density at radius 2 is 0.808 bits per heavy atom. The van der Waals surface area contributed by atoms with E-state index < -0.39 is 206 Å². The van der Waals surface area contributed by atoms with Crippen LogP contribution in [0.15, 0.2) is 74.2 Å². The lowest BCUT2D eigenvalue weighted by Crippen LogP contribution is -2.33. The molecule has 9 aromatic rings. The summed E-state index contributed by atoms with van der Waals surface area (Å²) < 4.78 is 121. The second kappa shape index (κ2) is 35.0. The molecule has 9 aromatic heterocycles. The summed E-state index contributed by atoms with van der Waals surface area (Å²) in [6, 6.07) is 0. The summed E-state index contributed by atoms with van der Waals surface area (Å²) >= 11 is 26.7. The lowest BCUT2D eigenvalue weighted by Gasteiger charge is -2.28. The number of nitrogens with one attached hydrogen (secondary N) is 2. The van der Waals surface area contributed by atoms with Gasteiger partial charge in [0.1, 0.15) is 109 Å². The van der Waals surface area contributed by atoms with Gasteiger partial charge in [-0.25, -0.2) is 53.8 Å². The third kappa shape index (κ3) is 19.5. The molecule has 0 saturated carbocycles. The molecule has 0 bridgehead atoms. The second-order valence-electron chi connectivity index (χ2n) is 28.4. The number of fused-ring (bicyclic) bond motifs is 3. The lowest BCUT2D eigenvalue weighted by molar-refractivity contribution is -0.0557. The smallest absolute Gasteiger partial charge is 0.386 e. The number of hydrogen-bond donors (Lipinski definition) is 13. The van der Waals surface area contributed by atoms with E-state index in [-0.39, 0.29) is 107 Å². The molecule has 15 heterocycles. The Morgan fingerprint density at radius 3 is 1.27 bits per heavy atom. The summed E-state index contributed by atoms with van der Waals surface area (Å²) in [6.45, 7) is -19.5. The standard InChI is InChI=1S/C60H78N23O27P5S5/c1-24-11-78(58(87)73-48(24)61)40-7-30(35(102-40)15-96-111(90,116)106-29-6-42(100-27(29)4)83-23-72-47-54(83)75-57(65)76-56(47)86)107-113(92,118)97-16-36-31(8-41(103-36)79-12-25(2)49(62)74-59(79)88)108-114(93,119)98-18-38-33(10-44(105-38)82-22-71-46-51(64)67-20-69-53(46)82)110-115(94,120)99-17-37-32(9-43(104-37)81-21-70-45-50(63)66-19-68-52(45)81)109-112(91,117)95-14-34-28(84)5-39(101-34)80-13-26(3)55(85)77-60(80)89/h11-13,19-23,27-44,84H,5-10,14-18H2,1-4H3,(H,90,116)(H,91,117)(H,92,118)(H,93,119)(H,94,120)(H2,61,73,87)(H2,62,74,88)(H2,63,66,68)(H2,64,67,69)(H,77,85,89)(H3,65,75,76,86)/t27-,28+,29+,30+,31+,32+,33+,34-,35-,36-,37-,38-,39-,40-,41-,42-,43-,44-,111?,112?,113?,114?,115?/m1/s1. The number of nitrogens with zero attached hydrogens (tertiary/aromatic N) is 16. The number of aliphatic hydroxyl groups is 1. The minimum Gasteiger partial charge on any atom is -0.390 e. The van der Waals surface area contributed by atoms with Crippen LogP contribution in [0.3, 0.4) is 0 Å². The molecule has 0 radical (unpaired) electrons. The number of aromatic amines is 2. The third-order valence-electron chi connectivity index (χ3n) is 20.2. The first-order chi connectivity index (χ1) is 56.7. The predicted octanol–water partition coefficient (Wildman–Crippen LogP) is 0.720. The van der Waals surface area contributed by atoms with Gasteiger partial charge in [0.05, 0.1) is 88.6 Å². The van der Waals surface area contributed by atoms with E-state index in [1.807, 2.05) is 0 Å². The third-order valence-corrected chi connectivity index (χ3v) is 28.2. The van der Waals surface area contributed by atoms with Crippen molar-refractivity contribution in [3.63, 3.8) is 0 Å². The first-order valence-corrected chi connectivity index (χ1v) is 49.3. The number of aliphatic hydroxyl groups excluding tert-OH is 1. The van der Waals surface area contributed by atoms with E-state index >= 15 is 0 Å². The maximum atomic E-state index is 14.9. The number of aromatic nitrogens is 18. The normalized spacial score (nSPS) is 29.7. The minimum absolute atomic E-state index is 0.00259. The Balaban J connectivity index is 0.631. The fourth-order valence-electron chi connectivity index (χ4n) is 14.2. The van der Waals surface area contributed by atoms with Gasteiger partial charge < -0.3 is 118 Å². The first kappa shape index (κ1) is 88.1. The summed E-state index contributed by atoms with van der Waals surface area (Å²) in [4.78, 5) is 158. The van der Waals surface area contributed by atoms with Crippen LogP contribution in [0.4, 0.5) is 29.2 Å². The lowest BCUT2D eigenvalue weighted by atomic mass is 10.2. The molecule has 15 rings (SSSR count). The zero-order valence-corrected chi connectivity index (χ0v) is 71.5. The van der Waals surface area contributed by atoms with Crippen molar-refractivity contribution in [1.82, 2.24) is 87.2 Å². The topological polar surface area (TPSA) is 671 Å². The van der Waals surface area contributed by atoms with Crippen molar-refractivity contribution >= 4 is 156 Å². The molecule has 60 heteroatoms. The summed E-state index contributed by atoms with van der Waals surface area (Å²) in [6.07, 6.45) is -11.7. The summed E-state index contributed by atoms with van der Waals surface area (Å²) in [5.41, 5.74) is 28.3. The Labute approximate surface area is 699 Å². The molecule has 120 heavy (non-hydrogen) atoms. The van der Waals surface area contributed by atoms with Crippen molar-refractivity contribution in [1.29, 1.82) is 0 Å². The van der Waals surface area contributed by atoms with Crippen molar-refractivity contribution in [2.75, 3.05) is 61.7 Å². The summed E-state index contributed by atoms with van der Waals surface area (Å²) in [5, 5.41) is 11.0. The largest absolute Gasteiger partial charge is 0.390 e. The zero-order chi connectivity index (χ0) is 85.6. The van der Waals surface area contributed by atoms with Crippen LogP contribution < -0.4 is 56.9 Å². The number of thiol groups is 1. The highest BCUT2D eigenvalue weighted by atomic mass is 32.7. The van der Waals surface area contributed by atoms with Gasteiger partial charge in [-0.15, -0.1) is 0 Å². The van der Waals surface area contributed by atoms with E-state index in [0.29, 0.717) is 11.1 Å². The molecule has 0 aromatic carbocycles. The number of aryl methyl sites for hydroxylation is 3. The van der Waals surface area contributed by atoms with Crippen molar-refractivity contribution in [3.8, 4) is 0 Å². The number of nitrogens with two attached hydrogens (primary N) is 5. The van der Waals surface area contributed by atoms with Crippen molar-refractivity contribution < 1.29 is 103 Å². The molecule has 650 valence electrons. The molecule has 6 fully saturated rings. The number of anilines is 5. The van der Waals surface area contributed by atoms with E-state index in [9.17, 15) is 53.2 Å². The Bertz CT molecular complexity index is 5990. The van der Waals surface area contributed by atoms with Gasteiger partial charge in [-0.05, 0) is 74.9 Å². The van der Waals surface area contributed by atoms with Crippen LogP contribution in [0.25, 0.3) is 33.5 Å². The van der Waals surface area contributed by atoms with Gasteiger partial charge in [0.25, 0.3) is 11.1 Å². The zero-order valence-electron chi connectivity index (χ0n) is 62.9. The molecule has 0 spiro atoms. The van der Waals surface area contributed by atoms with Gasteiger partial charge in [-0.3, -0.25) is 56.0 Å². The van der Waals surface area contributed by atoms with E-state index in [0.717, 1.165) is 13.7 Å². The molecule has 6 aliphatic rings. The number of rotatable bonds is 31. The second-order valence-corrected chi connectivity index (χ2v) is 42.4. The average molecular weight is 1870 g/mol. The number of imidazole rings is 3. The summed E-state index contributed by atoms with van der Waals surface area (Å²) in [7, 11) is 0. The van der Waals surface area contributed by atoms with Crippen LogP contribution in [-0.4, -0.2) is 218 Å². The van der Waals surface area contributed by atoms with Crippen molar-refractivity contribution in [2.24, 2.45) is 0 Å². The van der Waals surface area contributed by atoms with Crippen LogP contribution in [-0.2, 0) is 125 Å². The molecule has 5 unspecified atom stereocenters. The fourth-order valence-corrected chi connectivity index (χ4v) is 21.6. The Morgan fingerprint density at radius 1 is 0.442 bits per heavy atom. The van der Waals surface area contributed by atoms with Crippen LogP contribution in [0.2, 0.25) is 0 Å². The maximum Gasteiger partial charge on any atom is 0.386 e. The molecule has 6 aliphatic heterocycles. The highest BCUT2D eigenvalue weighted by molar-refractivity contribution is 8.44. The van der Waals surface area contributed by atoms with Gasteiger partial charge in [0.15, 0.2) is 34.1 Å². The van der Waals surface area contributed by atoms with Gasteiger partial charge in [0, 0.05) is 73.8 Å². The van der Waals surface area contributed by atoms with Crippen LogP contribution >= 0.6 is 45.9 Å². The number of hydrogen-bond acceptors (Lipinski definition) is 42. The fraction of sp³-hybridized carbons (Fsp3) is 0.550. The molecule has 50 nitrogen and oxygen atoms in total. The highest BCUT2D eigenvalue weighted by Crippen LogP contribution is 2.59. The molecular weight excluding hydrogens is 1790 g/mol. The number of nitrogen functional groups attached to an aromatic ring is 5. The van der Waals surface area contributed by atoms with Crippen molar-refractivity contribution in [2.45, 2.75) is 177 Å². The number of ether oxygens (including phenoxy) is 6. The monoisotopic (exact) mass is 1870 g/mol. The first-order valence-electron chi connectivity index (χ1n) is 36.2. The van der Waals surface area contributed by atoms with Gasteiger partial charge in [-0.2, -0.15) is 15.0 Å². The predicted molar refractivity (Wildman–Crippen MR) is 433 cm³/mol. The highest BCUT2D eigenvalue weighted by Gasteiger charge is 2.50. The molecule has 0 amide bonds. The molecule has 23 atom stereocenters. The Kier molecular flexibility index (Phi) is 25.7. The minimum atomic E-state index is -4.76. The average Bonchev–Trinajstić information content (AvgIpc) is 1.62. The van der Waals surface area contributed by atoms with Gasteiger partial charge in [0.2, 0.25) is 5.95 Å².